The summed E-state index contributed by atoms with van der Waals surface area (Å²) in [4.78, 5) is 12.7. The molecule has 1 atom stereocenters. The molecule has 152 valence electrons. The first-order valence-corrected chi connectivity index (χ1v) is 10.4. The van der Waals surface area contributed by atoms with Gasteiger partial charge in [-0.3, -0.25) is 4.79 Å². The van der Waals surface area contributed by atoms with Crippen LogP contribution in [0.4, 0.5) is 0 Å². The van der Waals surface area contributed by atoms with E-state index in [4.69, 9.17) is 4.74 Å². The van der Waals surface area contributed by atoms with Gasteiger partial charge in [0, 0.05) is 6.54 Å². The number of hydrogen-bond acceptors (Lipinski definition) is 2. The molecule has 2 aromatic carbocycles. The lowest BCUT2D eigenvalue weighted by atomic mass is 9.87. The predicted molar refractivity (Wildman–Crippen MR) is 117 cm³/mol. The van der Waals surface area contributed by atoms with Crippen molar-refractivity contribution in [1.29, 1.82) is 0 Å². The van der Waals surface area contributed by atoms with Crippen molar-refractivity contribution in [2.75, 3.05) is 0 Å². The molecule has 0 aromatic heterocycles. The summed E-state index contributed by atoms with van der Waals surface area (Å²) in [6, 6.07) is 14.6. The summed E-state index contributed by atoms with van der Waals surface area (Å²) in [6.45, 7) is 13.4. The van der Waals surface area contributed by atoms with E-state index in [1.165, 1.54) is 22.3 Å². The van der Waals surface area contributed by atoms with Crippen molar-refractivity contribution < 1.29 is 9.53 Å². The monoisotopic (exact) mass is 381 g/mol. The number of carbonyl (C=O) groups excluding carboxylic acids is 1. The quantitative estimate of drug-likeness (QED) is 0.648. The summed E-state index contributed by atoms with van der Waals surface area (Å²) in [5.41, 5.74) is 5.12. The molecule has 0 bridgehead atoms. The number of amides is 1. The molecule has 0 unspecified atom stereocenters. The Hall–Kier alpha value is -2.29. The average molecular weight is 382 g/mol. The first kappa shape index (κ1) is 22.0. The van der Waals surface area contributed by atoms with Crippen LogP contribution in [0.3, 0.4) is 0 Å². The maximum Gasteiger partial charge on any atom is 0.261 e. The van der Waals surface area contributed by atoms with Crippen LogP contribution in [-0.2, 0) is 29.6 Å². The van der Waals surface area contributed by atoms with Crippen LogP contribution < -0.4 is 10.1 Å². The second kappa shape index (κ2) is 9.77. The zero-order valence-electron chi connectivity index (χ0n) is 18.3. The Morgan fingerprint density at radius 2 is 1.64 bits per heavy atom. The van der Waals surface area contributed by atoms with Gasteiger partial charge in [-0.15, -0.1) is 0 Å². The fourth-order valence-corrected chi connectivity index (χ4v) is 3.22. The average Bonchev–Trinajstić information content (AvgIpc) is 2.69. The van der Waals surface area contributed by atoms with Crippen molar-refractivity contribution in [3.05, 3.63) is 64.7 Å². The van der Waals surface area contributed by atoms with Crippen molar-refractivity contribution in [2.24, 2.45) is 0 Å². The second-order valence-corrected chi connectivity index (χ2v) is 8.32. The second-order valence-electron chi connectivity index (χ2n) is 8.32. The lowest BCUT2D eigenvalue weighted by Crippen LogP contribution is -2.37. The zero-order valence-corrected chi connectivity index (χ0v) is 18.3. The van der Waals surface area contributed by atoms with Gasteiger partial charge in [0.15, 0.2) is 6.10 Å². The molecular weight excluding hydrogens is 346 g/mol. The van der Waals surface area contributed by atoms with E-state index in [9.17, 15) is 4.79 Å². The van der Waals surface area contributed by atoms with Gasteiger partial charge in [-0.05, 0) is 59.1 Å². The normalized spacial score (nSPS) is 12.5. The van der Waals surface area contributed by atoms with Crippen LogP contribution in [0.15, 0.2) is 42.5 Å². The highest BCUT2D eigenvalue weighted by Gasteiger charge is 2.19. The van der Waals surface area contributed by atoms with Gasteiger partial charge >= 0.3 is 0 Å². The van der Waals surface area contributed by atoms with Gasteiger partial charge in [0.2, 0.25) is 0 Å². The largest absolute Gasteiger partial charge is 0.481 e. The molecule has 3 heteroatoms. The SMILES string of the molecule is CCc1ccc(CC)c(CNC(=O)[C@@H](CC)Oc2ccc(C(C)(C)C)cc2)c1. The molecular formula is C25H35NO2. The van der Waals surface area contributed by atoms with Crippen LogP contribution in [0.25, 0.3) is 0 Å². The highest BCUT2D eigenvalue weighted by molar-refractivity contribution is 5.81. The van der Waals surface area contributed by atoms with Crippen molar-refractivity contribution in [3.8, 4) is 5.75 Å². The third-order valence-corrected chi connectivity index (χ3v) is 5.17. The molecule has 0 saturated heterocycles. The minimum Gasteiger partial charge on any atom is -0.481 e. The summed E-state index contributed by atoms with van der Waals surface area (Å²) >= 11 is 0. The van der Waals surface area contributed by atoms with Crippen LogP contribution in [0.2, 0.25) is 0 Å². The van der Waals surface area contributed by atoms with E-state index in [-0.39, 0.29) is 11.3 Å². The molecule has 0 aliphatic heterocycles. The summed E-state index contributed by atoms with van der Waals surface area (Å²) in [6.07, 6.45) is 2.10. The van der Waals surface area contributed by atoms with Crippen LogP contribution in [0, 0.1) is 0 Å². The van der Waals surface area contributed by atoms with Crippen LogP contribution in [0.5, 0.6) is 5.75 Å². The van der Waals surface area contributed by atoms with E-state index >= 15 is 0 Å². The first-order chi connectivity index (χ1) is 13.3. The fraction of sp³-hybridized carbons (Fsp3) is 0.480. The van der Waals surface area contributed by atoms with Crippen LogP contribution in [-0.4, -0.2) is 12.0 Å². The molecule has 0 aliphatic carbocycles. The summed E-state index contributed by atoms with van der Waals surface area (Å²) in [5, 5.41) is 3.07. The molecule has 0 fully saturated rings. The van der Waals surface area contributed by atoms with E-state index in [1.807, 2.05) is 19.1 Å². The summed E-state index contributed by atoms with van der Waals surface area (Å²) in [5.74, 6) is 0.670. The number of rotatable bonds is 8. The van der Waals surface area contributed by atoms with Crippen molar-refractivity contribution >= 4 is 5.91 Å². The molecule has 1 N–H and O–H groups in total. The number of carbonyl (C=O) groups is 1. The molecule has 0 heterocycles. The maximum absolute atomic E-state index is 12.7. The third kappa shape index (κ3) is 5.85. The standard InChI is InChI=1S/C25H35NO2/c1-7-18-10-11-19(8-2)20(16-18)17-26-24(27)23(9-3)28-22-14-12-21(13-15-22)25(4,5)6/h10-16,23H,7-9,17H2,1-6H3,(H,26,27)/t23-/m1/s1. The van der Waals surface area contributed by atoms with Gasteiger partial charge in [0.05, 0.1) is 0 Å². The Kier molecular flexibility index (Phi) is 7.68. The molecule has 3 nitrogen and oxygen atoms in total. The Morgan fingerprint density at radius 3 is 2.18 bits per heavy atom. The number of hydrogen-bond donors (Lipinski definition) is 1. The molecule has 2 aromatic rings. The van der Waals surface area contributed by atoms with E-state index in [0.29, 0.717) is 13.0 Å². The highest BCUT2D eigenvalue weighted by Crippen LogP contribution is 2.25. The van der Waals surface area contributed by atoms with Crippen molar-refractivity contribution in [3.63, 3.8) is 0 Å². The lowest BCUT2D eigenvalue weighted by molar-refractivity contribution is -0.128. The van der Waals surface area contributed by atoms with Gasteiger partial charge < -0.3 is 10.1 Å². The first-order valence-electron chi connectivity index (χ1n) is 10.4. The zero-order chi connectivity index (χ0) is 20.7. The van der Waals surface area contributed by atoms with Gasteiger partial charge in [0.1, 0.15) is 5.75 Å². The molecule has 0 aliphatic rings. The molecule has 0 radical (unpaired) electrons. The van der Waals surface area contributed by atoms with Crippen LogP contribution >= 0.6 is 0 Å². The number of nitrogens with one attached hydrogen (secondary N) is 1. The van der Waals surface area contributed by atoms with Crippen molar-refractivity contribution in [2.45, 2.75) is 78.9 Å². The Morgan fingerprint density at radius 1 is 0.964 bits per heavy atom. The van der Waals surface area contributed by atoms with Crippen molar-refractivity contribution in [1.82, 2.24) is 5.32 Å². The number of ether oxygens (including phenoxy) is 1. The molecule has 1 amide bonds. The Bertz CT molecular complexity index is 772. The van der Waals surface area contributed by atoms with Gasteiger partial charge in [-0.2, -0.15) is 0 Å². The molecule has 28 heavy (non-hydrogen) atoms. The minimum atomic E-state index is -0.486. The van der Waals surface area contributed by atoms with Gasteiger partial charge in [-0.25, -0.2) is 0 Å². The molecule has 0 saturated carbocycles. The molecule has 2 rings (SSSR count). The Balaban J connectivity index is 2.02. The highest BCUT2D eigenvalue weighted by atomic mass is 16.5. The van der Waals surface area contributed by atoms with E-state index < -0.39 is 6.10 Å². The van der Waals surface area contributed by atoms with Gasteiger partial charge in [-0.1, -0.05) is 71.9 Å². The summed E-state index contributed by atoms with van der Waals surface area (Å²) < 4.78 is 5.97. The van der Waals surface area contributed by atoms with Gasteiger partial charge in [0.25, 0.3) is 5.91 Å². The van der Waals surface area contributed by atoms with E-state index in [0.717, 1.165) is 18.6 Å². The Labute approximate surface area is 170 Å². The summed E-state index contributed by atoms with van der Waals surface area (Å²) in [7, 11) is 0. The smallest absolute Gasteiger partial charge is 0.261 e. The number of benzene rings is 2. The molecule has 0 spiro atoms. The minimum absolute atomic E-state index is 0.0636. The predicted octanol–water partition coefficient (Wildman–Crippen LogP) is 5.58. The van der Waals surface area contributed by atoms with E-state index in [2.05, 4.69) is 70.3 Å². The number of aryl methyl sites for hydroxylation is 2. The van der Waals surface area contributed by atoms with E-state index in [1.54, 1.807) is 0 Å². The maximum atomic E-state index is 12.7. The third-order valence-electron chi connectivity index (χ3n) is 5.17. The fourth-order valence-electron chi connectivity index (χ4n) is 3.22. The topological polar surface area (TPSA) is 38.3 Å². The van der Waals surface area contributed by atoms with Crippen LogP contribution in [0.1, 0.15) is 70.2 Å². The lowest BCUT2D eigenvalue weighted by Gasteiger charge is -2.21.